The van der Waals surface area contributed by atoms with Gasteiger partial charge in [-0.2, -0.15) is 5.10 Å². The number of nitrogens with zero attached hydrogens (tertiary/aromatic N) is 2. The Morgan fingerprint density at radius 2 is 2.19 bits per heavy atom. The summed E-state index contributed by atoms with van der Waals surface area (Å²) in [4.78, 5) is 11.9. The van der Waals surface area contributed by atoms with Gasteiger partial charge in [0.05, 0.1) is 12.5 Å². The summed E-state index contributed by atoms with van der Waals surface area (Å²) in [5.41, 5.74) is -0.538. The van der Waals surface area contributed by atoms with Gasteiger partial charge in [-0.1, -0.05) is 0 Å². The molecule has 1 aliphatic rings. The van der Waals surface area contributed by atoms with E-state index in [9.17, 15) is 4.79 Å². The lowest BCUT2D eigenvalue weighted by Crippen LogP contribution is -2.35. The Bertz CT molecular complexity index is 471. The highest BCUT2D eigenvalue weighted by Crippen LogP contribution is 2.15. The standard InChI is InChI=1S/C15H23N3O3/c1-15(2,3)21-14(19)17-12(13-7-6-10-20-13)11-16-18-8-4-5-9-18/h6-7,10-12H,4-5,8-9H2,1-3H3,(H,17,19)/b16-11+/t12-/m0/s1. The summed E-state index contributed by atoms with van der Waals surface area (Å²) in [6.07, 6.45) is 5.08. The van der Waals surface area contributed by atoms with E-state index in [0.29, 0.717) is 5.76 Å². The second-order valence-corrected chi connectivity index (χ2v) is 6.06. The molecule has 2 heterocycles. The molecule has 0 spiro atoms. The molecule has 21 heavy (non-hydrogen) atoms. The first-order chi connectivity index (χ1) is 9.94. The molecule has 1 N–H and O–H groups in total. The monoisotopic (exact) mass is 293 g/mol. The lowest BCUT2D eigenvalue weighted by molar-refractivity contribution is 0.0514. The van der Waals surface area contributed by atoms with Gasteiger partial charge in [-0.3, -0.25) is 5.01 Å². The number of alkyl carbamates (subject to hydrolysis) is 1. The molecule has 1 amide bonds. The first kappa shape index (κ1) is 15.4. The molecule has 1 aromatic rings. The Morgan fingerprint density at radius 1 is 1.48 bits per heavy atom. The average molecular weight is 293 g/mol. The van der Waals surface area contributed by atoms with Crippen molar-refractivity contribution in [3.05, 3.63) is 24.2 Å². The van der Waals surface area contributed by atoms with E-state index in [4.69, 9.17) is 9.15 Å². The Morgan fingerprint density at radius 3 is 2.76 bits per heavy atom. The van der Waals surface area contributed by atoms with Gasteiger partial charge in [0, 0.05) is 13.1 Å². The summed E-state index contributed by atoms with van der Waals surface area (Å²) in [6.45, 7) is 7.38. The molecule has 0 saturated carbocycles. The third-order valence-electron chi connectivity index (χ3n) is 2.98. The topological polar surface area (TPSA) is 67.1 Å². The highest BCUT2D eigenvalue weighted by Gasteiger charge is 2.21. The maximum absolute atomic E-state index is 11.9. The molecule has 116 valence electrons. The van der Waals surface area contributed by atoms with E-state index in [-0.39, 0.29) is 0 Å². The largest absolute Gasteiger partial charge is 0.467 e. The van der Waals surface area contributed by atoms with Crippen molar-refractivity contribution in [2.24, 2.45) is 5.10 Å². The summed E-state index contributed by atoms with van der Waals surface area (Å²) in [6, 6.07) is 3.15. The fourth-order valence-corrected chi connectivity index (χ4v) is 2.06. The number of hydrogen-bond donors (Lipinski definition) is 1. The number of furan rings is 1. The number of hydrazone groups is 1. The molecule has 0 unspecified atom stereocenters. The fourth-order valence-electron chi connectivity index (χ4n) is 2.06. The molecule has 6 heteroatoms. The van der Waals surface area contributed by atoms with E-state index in [1.165, 1.54) is 0 Å². The van der Waals surface area contributed by atoms with Crippen molar-refractivity contribution in [3.8, 4) is 0 Å². The van der Waals surface area contributed by atoms with E-state index < -0.39 is 17.7 Å². The Balaban J connectivity index is 2.00. The van der Waals surface area contributed by atoms with Crippen molar-refractivity contribution in [2.45, 2.75) is 45.3 Å². The van der Waals surface area contributed by atoms with Crippen LogP contribution in [0.15, 0.2) is 27.9 Å². The molecule has 1 fully saturated rings. The van der Waals surface area contributed by atoms with Crippen LogP contribution in [0.4, 0.5) is 4.79 Å². The van der Waals surface area contributed by atoms with Crippen molar-refractivity contribution in [1.29, 1.82) is 0 Å². The Kier molecular flexibility index (Phi) is 4.88. The third-order valence-corrected chi connectivity index (χ3v) is 2.98. The molecule has 0 aromatic carbocycles. The normalized spacial score (nSPS) is 17.2. The minimum Gasteiger partial charge on any atom is -0.467 e. The van der Waals surface area contributed by atoms with E-state index in [2.05, 4.69) is 10.4 Å². The molecule has 0 radical (unpaired) electrons. The van der Waals surface area contributed by atoms with Crippen LogP contribution in [0.5, 0.6) is 0 Å². The summed E-state index contributed by atoms with van der Waals surface area (Å²) < 4.78 is 10.6. The molecule has 2 rings (SSSR count). The molecule has 0 bridgehead atoms. The number of hydrogen-bond acceptors (Lipinski definition) is 5. The quantitative estimate of drug-likeness (QED) is 0.867. The van der Waals surface area contributed by atoms with Crippen molar-refractivity contribution >= 4 is 12.3 Å². The molecule has 6 nitrogen and oxygen atoms in total. The first-order valence-corrected chi connectivity index (χ1v) is 7.26. The van der Waals surface area contributed by atoms with E-state index in [1.807, 2.05) is 25.8 Å². The van der Waals surface area contributed by atoms with Gasteiger partial charge in [0.25, 0.3) is 0 Å². The summed E-state index contributed by atoms with van der Waals surface area (Å²) in [5, 5.41) is 9.17. The first-order valence-electron chi connectivity index (χ1n) is 7.26. The van der Waals surface area contributed by atoms with Crippen molar-refractivity contribution < 1.29 is 13.9 Å². The Hall–Kier alpha value is -1.98. The van der Waals surface area contributed by atoms with Crippen LogP contribution < -0.4 is 5.32 Å². The van der Waals surface area contributed by atoms with Crippen LogP contribution in [-0.4, -0.2) is 36.0 Å². The molecular formula is C15H23N3O3. The van der Waals surface area contributed by atoms with Gasteiger partial charge in [-0.25, -0.2) is 4.79 Å². The average Bonchev–Trinajstić information content (AvgIpc) is 3.05. The van der Waals surface area contributed by atoms with Gasteiger partial charge in [0.1, 0.15) is 17.4 Å². The zero-order valence-electron chi connectivity index (χ0n) is 12.8. The summed E-state index contributed by atoms with van der Waals surface area (Å²) in [5.74, 6) is 0.629. The number of carbonyl (C=O) groups excluding carboxylic acids is 1. The zero-order chi connectivity index (χ0) is 15.3. The van der Waals surface area contributed by atoms with E-state index in [1.54, 1.807) is 24.6 Å². The van der Waals surface area contributed by atoms with Crippen LogP contribution in [0, 0.1) is 0 Å². The zero-order valence-corrected chi connectivity index (χ0v) is 12.8. The molecular weight excluding hydrogens is 270 g/mol. The number of nitrogens with one attached hydrogen (secondary N) is 1. The van der Waals surface area contributed by atoms with Gasteiger partial charge in [0.2, 0.25) is 0 Å². The molecule has 1 atom stereocenters. The minimum absolute atomic E-state index is 0.435. The fraction of sp³-hybridized carbons (Fsp3) is 0.600. The van der Waals surface area contributed by atoms with Crippen LogP contribution in [0.25, 0.3) is 0 Å². The van der Waals surface area contributed by atoms with E-state index in [0.717, 1.165) is 25.9 Å². The smallest absolute Gasteiger partial charge is 0.408 e. The van der Waals surface area contributed by atoms with Crippen molar-refractivity contribution in [3.63, 3.8) is 0 Å². The summed E-state index contributed by atoms with van der Waals surface area (Å²) >= 11 is 0. The van der Waals surface area contributed by atoms with Crippen LogP contribution in [0.3, 0.4) is 0 Å². The maximum atomic E-state index is 11.9. The molecule has 1 aliphatic heterocycles. The van der Waals surface area contributed by atoms with Crippen molar-refractivity contribution in [1.82, 2.24) is 10.3 Å². The van der Waals surface area contributed by atoms with Crippen molar-refractivity contribution in [2.75, 3.05) is 13.1 Å². The second-order valence-electron chi connectivity index (χ2n) is 6.06. The molecule has 0 aliphatic carbocycles. The van der Waals surface area contributed by atoms with Gasteiger partial charge in [-0.15, -0.1) is 0 Å². The number of ether oxygens (including phenoxy) is 1. The van der Waals surface area contributed by atoms with Gasteiger partial charge >= 0.3 is 6.09 Å². The molecule has 1 saturated heterocycles. The lowest BCUT2D eigenvalue weighted by atomic mass is 10.2. The molecule has 1 aromatic heterocycles. The van der Waals surface area contributed by atoms with Crippen LogP contribution in [0.1, 0.15) is 45.4 Å². The van der Waals surface area contributed by atoms with Gasteiger partial charge < -0.3 is 14.5 Å². The second kappa shape index (κ2) is 6.65. The maximum Gasteiger partial charge on any atom is 0.408 e. The number of carbonyl (C=O) groups is 1. The highest BCUT2D eigenvalue weighted by atomic mass is 16.6. The SMILES string of the molecule is CC(C)(C)OC(=O)N[C@@H](/C=N/N1CCCC1)c1ccco1. The van der Waals surface area contributed by atoms with Crippen LogP contribution >= 0.6 is 0 Å². The third kappa shape index (κ3) is 5.13. The van der Waals surface area contributed by atoms with E-state index >= 15 is 0 Å². The minimum atomic E-state index is -0.538. The predicted octanol–water partition coefficient (Wildman–Crippen LogP) is 2.93. The van der Waals surface area contributed by atoms with Crippen LogP contribution in [-0.2, 0) is 4.74 Å². The number of amides is 1. The van der Waals surface area contributed by atoms with Gasteiger partial charge in [0.15, 0.2) is 0 Å². The van der Waals surface area contributed by atoms with Gasteiger partial charge in [-0.05, 0) is 45.7 Å². The highest BCUT2D eigenvalue weighted by molar-refractivity contribution is 5.76. The van der Waals surface area contributed by atoms with Crippen LogP contribution in [0.2, 0.25) is 0 Å². The predicted molar refractivity (Wildman–Crippen MR) is 80.1 cm³/mol. The number of rotatable bonds is 4. The lowest BCUT2D eigenvalue weighted by Gasteiger charge is -2.21. The summed E-state index contributed by atoms with van der Waals surface area (Å²) in [7, 11) is 0. The Labute approximate surface area is 125 Å².